The molecule has 0 saturated carbocycles. The number of nitrogens with one attached hydrogen (secondary N) is 2. The number of fused-ring (bicyclic) bond motifs is 1. The van der Waals surface area contributed by atoms with Gasteiger partial charge < -0.3 is 44.2 Å². The van der Waals surface area contributed by atoms with Crippen molar-refractivity contribution in [3.8, 4) is 0 Å². The molecule has 5 heterocycles. The van der Waals surface area contributed by atoms with Crippen LogP contribution in [0.4, 0.5) is 27.5 Å². The van der Waals surface area contributed by atoms with Gasteiger partial charge in [-0.1, -0.05) is 6.58 Å². The van der Waals surface area contributed by atoms with Crippen molar-refractivity contribution in [1.29, 1.82) is 0 Å². The number of ether oxygens (including phenoxy) is 3. The van der Waals surface area contributed by atoms with Crippen LogP contribution in [0.2, 0.25) is 0 Å². The van der Waals surface area contributed by atoms with Gasteiger partial charge in [-0.05, 0) is 19.4 Å². The summed E-state index contributed by atoms with van der Waals surface area (Å²) in [6, 6.07) is 0. The summed E-state index contributed by atoms with van der Waals surface area (Å²) < 4.78 is 58.3. The van der Waals surface area contributed by atoms with E-state index in [0.29, 0.717) is 19.6 Å². The molecular formula is C26H36FN8O6P. The number of anilines is 2. The Morgan fingerprint density at radius 1 is 1.33 bits per heavy atom. The van der Waals surface area contributed by atoms with E-state index in [4.69, 9.17) is 29.0 Å². The fourth-order valence-corrected chi connectivity index (χ4v) is 6.19. The van der Waals surface area contributed by atoms with Crippen molar-refractivity contribution < 1.29 is 32.2 Å². The third kappa shape index (κ3) is 6.72. The number of nitrogen functional groups attached to an aromatic ring is 1. The first-order valence-corrected chi connectivity index (χ1v) is 14.8. The topological polar surface area (TPSA) is 169 Å². The Hall–Kier alpha value is -3.20. The van der Waals surface area contributed by atoms with Crippen LogP contribution in [0.5, 0.6) is 0 Å². The monoisotopic (exact) mass is 606 g/mol. The number of alkyl halides is 1. The number of nitrogens with two attached hydrogens (primary N) is 1. The maximum absolute atomic E-state index is 14.8. The molecule has 0 aromatic carbocycles. The Morgan fingerprint density at radius 3 is 2.93 bits per heavy atom. The lowest BCUT2D eigenvalue weighted by Crippen LogP contribution is -2.28. The van der Waals surface area contributed by atoms with E-state index in [1.807, 2.05) is 17.7 Å². The van der Waals surface area contributed by atoms with Crippen LogP contribution in [0.25, 0.3) is 5.70 Å². The highest BCUT2D eigenvalue weighted by Crippen LogP contribution is 2.38. The molecule has 7 atom stereocenters. The predicted molar refractivity (Wildman–Crippen MR) is 157 cm³/mol. The normalized spacial score (nSPS) is 27.9. The van der Waals surface area contributed by atoms with Gasteiger partial charge in [-0.3, -0.25) is 9.56 Å². The summed E-state index contributed by atoms with van der Waals surface area (Å²) in [5, 5.41) is 5.91. The maximum atomic E-state index is 14.8. The Morgan fingerprint density at radius 2 is 2.14 bits per heavy atom. The highest BCUT2D eigenvalue weighted by molar-refractivity contribution is 7.33. The lowest BCUT2D eigenvalue weighted by molar-refractivity contribution is -0.0235. The number of hydrogen-bond donors (Lipinski definition) is 3. The number of aliphatic imine (C=N–C) groups is 2. The highest BCUT2D eigenvalue weighted by atomic mass is 31.1. The molecule has 3 aliphatic rings. The first kappa shape index (κ1) is 30.3. The quantitative estimate of drug-likeness (QED) is 0.239. The van der Waals surface area contributed by atoms with Crippen molar-refractivity contribution in [2.45, 2.75) is 70.0 Å². The van der Waals surface area contributed by atoms with Gasteiger partial charge in [0.05, 0.1) is 44.4 Å². The Labute approximate surface area is 243 Å². The van der Waals surface area contributed by atoms with Gasteiger partial charge in [0, 0.05) is 43.6 Å². The molecule has 14 nitrogen and oxygen atoms in total. The molecule has 42 heavy (non-hydrogen) atoms. The number of halogens is 1. The fourth-order valence-electron chi connectivity index (χ4n) is 5.31. The Kier molecular flexibility index (Phi) is 9.66. The van der Waals surface area contributed by atoms with E-state index in [0.717, 1.165) is 22.6 Å². The molecule has 0 spiro atoms. The summed E-state index contributed by atoms with van der Waals surface area (Å²) in [6.45, 7) is 8.43. The molecule has 2 aromatic rings. The SMILES string of the molecule is C=C1NC=Nc2c1c(C)cn2C[C@@H]1O[C@H](COC)C[C@H]1O[PH](=O)OC[C@@H]1C[C@@H](F)[C@H](Nc2ncnc(N)c2/N=C\C)O1. The first-order valence-electron chi connectivity index (χ1n) is 13.6. The van der Waals surface area contributed by atoms with Crippen molar-refractivity contribution in [1.82, 2.24) is 19.9 Å². The van der Waals surface area contributed by atoms with Gasteiger partial charge in [-0.2, -0.15) is 0 Å². The molecule has 228 valence electrons. The summed E-state index contributed by atoms with van der Waals surface area (Å²) in [5.74, 6) is 1.16. The average molecular weight is 607 g/mol. The molecule has 0 aliphatic carbocycles. The Bertz CT molecular complexity index is 1370. The summed E-state index contributed by atoms with van der Waals surface area (Å²) in [4.78, 5) is 16.6. The van der Waals surface area contributed by atoms with Crippen molar-refractivity contribution in [2.75, 3.05) is 31.4 Å². The average Bonchev–Trinajstić information content (AvgIpc) is 3.60. The summed E-state index contributed by atoms with van der Waals surface area (Å²) in [7, 11) is -1.37. The minimum absolute atomic E-state index is 0.0313. The van der Waals surface area contributed by atoms with E-state index in [2.05, 4.69) is 37.2 Å². The van der Waals surface area contributed by atoms with Crippen molar-refractivity contribution in [3.63, 3.8) is 0 Å². The van der Waals surface area contributed by atoms with E-state index >= 15 is 0 Å². The largest absolute Gasteiger partial charge is 0.382 e. The van der Waals surface area contributed by atoms with Crippen LogP contribution in [0.3, 0.4) is 0 Å². The molecule has 0 bridgehead atoms. The molecule has 0 radical (unpaired) electrons. The van der Waals surface area contributed by atoms with Crippen molar-refractivity contribution >= 4 is 49.6 Å². The number of hydrogen-bond acceptors (Lipinski definition) is 13. The second-order valence-corrected chi connectivity index (χ2v) is 11.2. The first-order chi connectivity index (χ1) is 20.3. The Balaban J connectivity index is 1.17. The van der Waals surface area contributed by atoms with Gasteiger partial charge in [0.1, 0.15) is 30.1 Å². The predicted octanol–water partition coefficient (Wildman–Crippen LogP) is 3.29. The number of methoxy groups -OCH3 is 1. The van der Waals surface area contributed by atoms with E-state index < -0.39 is 39.0 Å². The zero-order chi connectivity index (χ0) is 29.8. The number of aryl methyl sites for hydroxylation is 1. The van der Waals surface area contributed by atoms with Gasteiger partial charge in [0.25, 0.3) is 0 Å². The minimum atomic E-state index is -2.97. The van der Waals surface area contributed by atoms with Gasteiger partial charge in [0.15, 0.2) is 17.9 Å². The van der Waals surface area contributed by atoms with E-state index in [1.165, 1.54) is 12.5 Å². The third-order valence-electron chi connectivity index (χ3n) is 7.15. The highest BCUT2D eigenvalue weighted by Gasteiger charge is 2.39. The number of nitrogens with zero attached hydrogens (tertiary/aromatic N) is 5. The smallest absolute Gasteiger partial charge is 0.319 e. The standard InChI is InChI=1S/C26H36FN8O6P/c1-5-29-22-23(28)31-13-32-24(22)34-26-18(27)6-16(40-26)11-38-42(36)41-19-7-17(10-37-4)39-20(19)9-35-8-14(2)21-15(3)30-12-33-25(21)35/h5,8,12-13,16-20,26,42H,3,6-7,9-11H2,1-2,4H3,(H,30,33)(H3,28,31,32,34)/b29-5-/t16-,17-,18+,19+,20-,26+/m0/s1. The van der Waals surface area contributed by atoms with Crippen LogP contribution < -0.4 is 16.4 Å². The van der Waals surface area contributed by atoms with Gasteiger partial charge >= 0.3 is 8.25 Å². The summed E-state index contributed by atoms with van der Waals surface area (Å²) >= 11 is 0. The van der Waals surface area contributed by atoms with Crippen molar-refractivity contribution in [3.05, 3.63) is 30.2 Å². The van der Waals surface area contributed by atoms with Crippen LogP contribution in [0.1, 0.15) is 30.9 Å². The van der Waals surface area contributed by atoms with Crippen molar-refractivity contribution in [2.24, 2.45) is 9.98 Å². The van der Waals surface area contributed by atoms with Gasteiger partial charge in [0.2, 0.25) is 0 Å². The van der Waals surface area contributed by atoms with Crippen LogP contribution in [-0.2, 0) is 34.4 Å². The molecule has 16 heteroatoms. The molecule has 3 aliphatic heterocycles. The second-order valence-electron chi connectivity index (χ2n) is 10.2. The molecular weight excluding hydrogens is 570 g/mol. The minimum Gasteiger partial charge on any atom is -0.382 e. The molecule has 2 fully saturated rings. The zero-order valence-electron chi connectivity index (χ0n) is 23.7. The fraction of sp³-hybridized carbons (Fsp3) is 0.538. The third-order valence-corrected chi connectivity index (χ3v) is 8.05. The van der Waals surface area contributed by atoms with Crippen LogP contribution in [0, 0.1) is 6.92 Å². The van der Waals surface area contributed by atoms with E-state index in [-0.39, 0.29) is 36.5 Å². The zero-order valence-corrected chi connectivity index (χ0v) is 24.7. The summed E-state index contributed by atoms with van der Waals surface area (Å²) in [6.07, 6.45) is 2.64. The van der Waals surface area contributed by atoms with E-state index in [1.54, 1.807) is 20.4 Å². The molecule has 2 aromatic heterocycles. The molecule has 1 unspecified atom stereocenters. The lowest BCUT2D eigenvalue weighted by Gasteiger charge is -2.21. The molecule has 4 N–H and O–H groups in total. The van der Waals surface area contributed by atoms with Gasteiger partial charge in [-0.25, -0.2) is 19.4 Å². The lowest BCUT2D eigenvalue weighted by atomic mass is 10.1. The summed E-state index contributed by atoms with van der Waals surface area (Å²) in [5.41, 5.74) is 8.89. The number of rotatable bonds is 12. The van der Waals surface area contributed by atoms with Crippen LogP contribution in [-0.4, -0.2) is 84.2 Å². The molecule has 2 saturated heterocycles. The second kappa shape index (κ2) is 13.4. The van der Waals surface area contributed by atoms with Crippen LogP contribution >= 0.6 is 8.25 Å². The van der Waals surface area contributed by atoms with E-state index in [9.17, 15) is 8.96 Å². The molecule has 0 amide bonds. The molecule has 5 rings (SSSR count). The maximum Gasteiger partial charge on any atom is 0.319 e. The van der Waals surface area contributed by atoms with Gasteiger partial charge in [-0.15, -0.1) is 0 Å². The van der Waals surface area contributed by atoms with Crippen LogP contribution in [0.15, 0.2) is 29.1 Å². The number of aromatic nitrogens is 3.